The minimum atomic E-state index is 0.206. The van der Waals surface area contributed by atoms with Crippen LogP contribution in [0.25, 0.3) is 11.1 Å². The first-order valence-corrected chi connectivity index (χ1v) is 11.3. The van der Waals surface area contributed by atoms with Gasteiger partial charge in [-0.15, -0.1) is 0 Å². The molecule has 1 aliphatic carbocycles. The normalized spacial score (nSPS) is 20.0. The van der Waals surface area contributed by atoms with Crippen molar-refractivity contribution in [3.63, 3.8) is 0 Å². The van der Waals surface area contributed by atoms with Crippen molar-refractivity contribution in [3.05, 3.63) is 65.7 Å². The predicted octanol–water partition coefficient (Wildman–Crippen LogP) is 5.87. The Morgan fingerprint density at radius 3 is 2.33 bits per heavy atom. The van der Waals surface area contributed by atoms with Gasteiger partial charge in [-0.25, -0.2) is 0 Å². The van der Waals surface area contributed by atoms with E-state index in [4.69, 9.17) is 0 Å². The monoisotopic (exact) mass is 402 g/mol. The van der Waals surface area contributed by atoms with Gasteiger partial charge in [0.05, 0.1) is 0 Å². The molecule has 1 unspecified atom stereocenters. The highest BCUT2D eigenvalue weighted by Gasteiger charge is 2.29. The van der Waals surface area contributed by atoms with Crippen molar-refractivity contribution in [2.24, 2.45) is 5.92 Å². The van der Waals surface area contributed by atoms with E-state index in [0.717, 1.165) is 45.2 Å². The molecular formula is C27H34N2O. The zero-order chi connectivity index (χ0) is 21.1. The van der Waals surface area contributed by atoms with Crippen molar-refractivity contribution < 1.29 is 4.79 Å². The molecule has 0 bridgehead atoms. The van der Waals surface area contributed by atoms with E-state index in [2.05, 4.69) is 85.4 Å². The zero-order valence-corrected chi connectivity index (χ0v) is 18.6. The lowest BCUT2D eigenvalue weighted by molar-refractivity contribution is -0.136. The Balaban J connectivity index is 1.41. The number of hydrogen-bond donors (Lipinski definition) is 0. The van der Waals surface area contributed by atoms with Crippen molar-refractivity contribution >= 4 is 11.6 Å². The molecule has 2 aromatic carbocycles. The molecule has 1 amide bonds. The Morgan fingerprint density at radius 1 is 0.967 bits per heavy atom. The number of likely N-dealkylation sites (tertiary alicyclic amines) is 1. The molecule has 1 fully saturated rings. The van der Waals surface area contributed by atoms with Crippen molar-refractivity contribution in [2.45, 2.75) is 44.9 Å². The lowest BCUT2D eigenvalue weighted by Crippen LogP contribution is -2.41. The van der Waals surface area contributed by atoms with E-state index in [9.17, 15) is 4.79 Å². The largest absolute Gasteiger partial charge is 0.378 e. The van der Waals surface area contributed by atoms with Crippen molar-refractivity contribution in [2.75, 3.05) is 32.1 Å². The maximum atomic E-state index is 12.9. The highest BCUT2D eigenvalue weighted by atomic mass is 16.2. The average molecular weight is 403 g/mol. The average Bonchev–Trinajstić information content (AvgIpc) is 2.79. The number of hydrogen-bond acceptors (Lipinski definition) is 2. The van der Waals surface area contributed by atoms with Crippen molar-refractivity contribution in [1.29, 1.82) is 0 Å². The van der Waals surface area contributed by atoms with E-state index in [-0.39, 0.29) is 5.92 Å². The second-order valence-corrected chi connectivity index (χ2v) is 9.19. The fraction of sp³-hybridized carbons (Fsp3) is 0.444. The van der Waals surface area contributed by atoms with Crippen LogP contribution in [0, 0.1) is 5.92 Å². The number of carbonyl (C=O) groups excluding carboxylic acids is 1. The number of nitrogens with zero attached hydrogens (tertiary/aromatic N) is 2. The second-order valence-electron chi connectivity index (χ2n) is 9.19. The second kappa shape index (κ2) is 9.07. The third kappa shape index (κ3) is 4.61. The van der Waals surface area contributed by atoms with Gasteiger partial charge in [0.2, 0.25) is 5.91 Å². The minimum absolute atomic E-state index is 0.206. The first kappa shape index (κ1) is 20.7. The molecule has 0 radical (unpaired) electrons. The van der Waals surface area contributed by atoms with Gasteiger partial charge in [-0.1, -0.05) is 48.0 Å². The number of rotatable bonds is 4. The number of piperidine rings is 1. The van der Waals surface area contributed by atoms with Crippen molar-refractivity contribution in [1.82, 2.24) is 4.90 Å². The van der Waals surface area contributed by atoms with Gasteiger partial charge in [0.25, 0.3) is 0 Å². The lowest BCUT2D eigenvalue weighted by atomic mass is 9.85. The van der Waals surface area contributed by atoms with Crippen LogP contribution in [-0.2, 0) is 4.79 Å². The summed E-state index contributed by atoms with van der Waals surface area (Å²) >= 11 is 0. The van der Waals surface area contributed by atoms with Crippen LogP contribution < -0.4 is 4.90 Å². The number of carbonyl (C=O) groups is 1. The standard InChI is InChI=1S/C27H34N2O/c1-20-10-12-22(13-11-20)27(30)29-16-14-21(15-17-29)23-6-4-7-24(18-23)25-8-5-9-26(19-25)28(2)3/h4-10,18-19,21-22H,11-17H2,1-3H3. The van der Waals surface area contributed by atoms with Gasteiger partial charge in [-0.05, 0) is 73.8 Å². The molecule has 0 N–H and O–H groups in total. The van der Waals surface area contributed by atoms with E-state index in [1.54, 1.807) is 0 Å². The molecule has 3 heteroatoms. The van der Waals surface area contributed by atoms with Gasteiger partial charge >= 0.3 is 0 Å². The molecule has 0 saturated carbocycles. The number of amides is 1. The van der Waals surface area contributed by atoms with Crippen LogP contribution in [0.3, 0.4) is 0 Å². The summed E-state index contributed by atoms with van der Waals surface area (Å²) in [5.74, 6) is 1.13. The maximum absolute atomic E-state index is 12.9. The first-order chi connectivity index (χ1) is 14.5. The quantitative estimate of drug-likeness (QED) is 0.597. The van der Waals surface area contributed by atoms with Gasteiger partial charge in [0, 0.05) is 38.8 Å². The van der Waals surface area contributed by atoms with E-state index in [1.165, 1.54) is 28.0 Å². The summed E-state index contributed by atoms with van der Waals surface area (Å²) in [6.45, 7) is 3.96. The summed E-state index contributed by atoms with van der Waals surface area (Å²) in [7, 11) is 4.16. The third-order valence-corrected chi connectivity index (χ3v) is 6.85. The fourth-order valence-electron chi connectivity index (χ4n) is 4.82. The molecule has 0 aromatic heterocycles. The van der Waals surface area contributed by atoms with E-state index in [0.29, 0.717) is 11.8 Å². The highest BCUT2D eigenvalue weighted by molar-refractivity contribution is 5.79. The summed E-state index contributed by atoms with van der Waals surface area (Å²) in [6.07, 6.45) is 7.42. The molecule has 3 nitrogen and oxygen atoms in total. The molecule has 2 aromatic rings. The highest BCUT2D eigenvalue weighted by Crippen LogP contribution is 2.33. The fourth-order valence-corrected chi connectivity index (χ4v) is 4.82. The number of benzene rings is 2. The SMILES string of the molecule is CC1=CCC(C(=O)N2CCC(c3cccc(-c4cccc(N(C)C)c4)c3)CC2)CC1. The summed E-state index contributed by atoms with van der Waals surface area (Å²) in [5, 5.41) is 0. The molecule has 1 atom stereocenters. The Morgan fingerprint density at radius 2 is 1.67 bits per heavy atom. The molecule has 1 aliphatic heterocycles. The van der Waals surface area contributed by atoms with Crippen LogP contribution in [0.15, 0.2) is 60.2 Å². The summed E-state index contributed by atoms with van der Waals surface area (Å²) in [5.41, 5.74) is 6.60. The summed E-state index contributed by atoms with van der Waals surface area (Å²) in [6, 6.07) is 17.7. The Hall–Kier alpha value is -2.55. The Bertz CT molecular complexity index is 922. The smallest absolute Gasteiger partial charge is 0.226 e. The van der Waals surface area contributed by atoms with E-state index < -0.39 is 0 Å². The van der Waals surface area contributed by atoms with Crippen LogP contribution in [0.4, 0.5) is 5.69 Å². The molecular weight excluding hydrogens is 368 g/mol. The zero-order valence-electron chi connectivity index (χ0n) is 18.6. The minimum Gasteiger partial charge on any atom is -0.378 e. The van der Waals surface area contributed by atoms with Crippen LogP contribution in [0.5, 0.6) is 0 Å². The van der Waals surface area contributed by atoms with E-state index in [1.807, 2.05) is 0 Å². The molecule has 4 rings (SSSR count). The van der Waals surface area contributed by atoms with Crippen LogP contribution in [0.1, 0.15) is 50.5 Å². The van der Waals surface area contributed by atoms with Gasteiger partial charge in [-0.2, -0.15) is 0 Å². The maximum Gasteiger partial charge on any atom is 0.226 e. The van der Waals surface area contributed by atoms with E-state index >= 15 is 0 Å². The molecule has 1 saturated heterocycles. The van der Waals surface area contributed by atoms with Crippen LogP contribution in [-0.4, -0.2) is 38.0 Å². The molecule has 1 heterocycles. The number of allylic oxidation sites excluding steroid dienone is 2. The molecule has 0 spiro atoms. The summed E-state index contributed by atoms with van der Waals surface area (Å²) < 4.78 is 0. The predicted molar refractivity (Wildman–Crippen MR) is 126 cm³/mol. The van der Waals surface area contributed by atoms with Crippen LogP contribution in [0.2, 0.25) is 0 Å². The molecule has 2 aliphatic rings. The van der Waals surface area contributed by atoms with Crippen molar-refractivity contribution in [3.8, 4) is 11.1 Å². The molecule has 158 valence electrons. The summed E-state index contributed by atoms with van der Waals surface area (Å²) in [4.78, 5) is 17.2. The van der Waals surface area contributed by atoms with Gasteiger partial charge < -0.3 is 9.80 Å². The lowest BCUT2D eigenvalue weighted by Gasteiger charge is -2.35. The Kier molecular flexibility index (Phi) is 6.26. The van der Waals surface area contributed by atoms with Gasteiger partial charge in [0.1, 0.15) is 0 Å². The third-order valence-electron chi connectivity index (χ3n) is 6.85. The van der Waals surface area contributed by atoms with Gasteiger partial charge in [-0.3, -0.25) is 4.79 Å². The first-order valence-electron chi connectivity index (χ1n) is 11.3. The molecule has 30 heavy (non-hydrogen) atoms. The number of anilines is 1. The van der Waals surface area contributed by atoms with Crippen LogP contribution >= 0.6 is 0 Å². The topological polar surface area (TPSA) is 23.6 Å². The Labute approximate surface area is 181 Å². The van der Waals surface area contributed by atoms with Gasteiger partial charge in [0.15, 0.2) is 0 Å².